The number of hydrogen-bond acceptors (Lipinski definition) is 1. The van der Waals surface area contributed by atoms with Crippen molar-refractivity contribution >= 4 is 12.6 Å². The molecule has 0 bridgehead atoms. The summed E-state index contributed by atoms with van der Waals surface area (Å²) in [6, 6.07) is 19.6. The van der Waals surface area contributed by atoms with E-state index in [1.165, 1.54) is 0 Å². The van der Waals surface area contributed by atoms with Gasteiger partial charge in [-0.05, 0) is 30.5 Å². The summed E-state index contributed by atoms with van der Waals surface area (Å²) in [6.07, 6.45) is 0. The molecule has 122 valence electrons. The molecule has 3 aromatic rings. The summed E-state index contributed by atoms with van der Waals surface area (Å²) < 4.78 is 28.8. The van der Waals surface area contributed by atoms with Crippen molar-refractivity contribution in [3.63, 3.8) is 0 Å². The van der Waals surface area contributed by atoms with Gasteiger partial charge in [-0.15, -0.1) is 0 Å². The monoisotopic (exact) mass is 340 g/mol. The van der Waals surface area contributed by atoms with Gasteiger partial charge in [0.1, 0.15) is 0 Å². The van der Waals surface area contributed by atoms with Crippen LogP contribution in [0.5, 0.6) is 0 Å². The Hall–Kier alpha value is -2.13. The highest BCUT2D eigenvalue weighted by atomic mass is 32.1. The van der Waals surface area contributed by atoms with E-state index in [0.29, 0.717) is 11.1 Å². The van der Waals surface area contributed by atoms with Crippen LogP contribution in [0.3, 0.4) is 0 Å². The summed E-state index contributed by atoms with van der Waals surface area (Å²) >= 11 is 4.52. The van der Waals surface area contributed by atoms with Gasteiger partial charge in [0.05, 0.1) is 0 Å². The van der Waals surface area contributed by atoms with Crippen LogP contribution in [0.25, 0.3) is 22.3 Å². The Morgan fingerprint density at radius 3 is 1.58 bits per heavy atom. The quantitative estimate of drug-likeness (QED) is 0.519. The summed E-state index contributed by atoms with van der Waals surface area (Å²) in [4.78, 5) is 0. The predicted molar refractivity (Wildman–Crippen MR) is 99.2 cm³/mol. The second-order valence-electron chi connectivity index (χ2n) is 6.29. The van der Waals surface area contributed by atoms with Gasteiger partial charge in [-0.1, -0.05) is 66.7 Å². The second kappa shape index (κ2) is 6.40. The molecule has 0 heterocycles. The molecule has 0 aromatic heterocycles. The molecule has 3 aromatic carbocycles. The first-order valence-electron chi connectivity index (χ1n) is 7.74. The van der Waals surface area contributed by atoms with E-state index >= 15 is 0 Å². The molecule has 0 nitrogen and oxygen atoms in total. The van der Waals surface area contributed by atoms with Crippen molar-refractivity contribution in [1.29, 1.82) is 0 Å². The molecular formula is C21H18F2S. The Kier molecular flexibility index (Phi) is 4.46. The molecule has 0 unspecified atom stereocenters. The largest absolute Gasteiger partial charge is 0.203 e. The minimum absolute atomic E-state index is 0.260. The Balaban J connectivity index is 2.03. The normalized spacial score (nSPS) is 11.5. The second-order valence-corrected chi connectivity index (χ2v) is 7.41. The fraction of sp³-hybridized carbons (Fsp3) is 0.143. The summed E-state index contributed by atoms with van der Waals surface area (Å²) in [5.74, 6) is -1.65. The molecular weight excluding hydrogens is 322 g/mol. The number of benzene rings is 3. The lowest BCUT2D eigenvalue weighted by molar-refractivity contribution is 0.514. The molecule has 0 N–H and O–H groups in total. The van der Waals surface area contributed by atoms with Crippen molar-refractivity contribution in [2.75, 3.05) is 0 Å². The maximum atomic E-state index is 14.6. The molecule has 0 saturated carbocycles. The fourth-order valence-corrected chi connectivity index (χ4v) is 2.82. The highest BCUT2D eigenvalue weighted by Gasteiger charge is 2.17. The van der Waals surface area contributed by atoms with Crippen LogP contribution in [0.1, 0.15) is 19.4 Å². The lowest BCUT2D eigenvalue weighted by Gasteiger charge is -2.18. The third-order valence-corrected chi connectivity index (χ3v) is 4.33. The zero-order valence-electron chi connectivity index (χ0n) is 13.6. The van der Waals surface area contributed by atoms with E-state index in [1.807, 2.05) is 32.0 Å². The van der Waals surface area contributed by atoms with Crippen molar-refractivity contribution in [3.05, 3.63) is 83.9 Å². The van der Waals surface area contributed by atoms with Crippen LogP contribution < -0.4 is 0 Å². The summed E-state index contributed by atoms with van der Waals surface area (Å²) in [5.41, 5.74) is 2.86. The molecule has 0 aliphatic heterocycles. The molecule has 0 amide bonds. The SMILES string of the molecule is CC(C)(S)c1ccc(-c2ccc(-c3ccccc3)c(F)c2F)cc1. The minimum Gasteiger partial charge on any atom is -0.203 e. The molecule has 0 atom stereocenters. The molecule has 3 heteroatoms. The van der Waals surface area contributed by atoms with Gasteiger partial charge in [0.15, 0.2) is 11.6 Å². The Bertz CT molecular complexity index is 848. The van der Waals surface area contributed by atoms with Crippen molar-refractivity contribution in [2.24, 2.45) is 0 Å². The predicted octanol–water partition coefficient (Wildman–Crippen LogP) is 6.46. The van der Waals surface area contributed by atoms with Gasteiger partial charge >= 0.3 is 0 Å². The summed E-state index contributed by atoms with van der Waals surface area (Å²) in [7, 11) is 0. The Morgan fingerprint density at radius 1 is 0.667 bits per heavy atom. The van der Waals surface area contributed by atoms with Gasteiger partial charge in [-0.2, -0.15) is 12.6 Å². The minimum atomic E-state index is -0.825. The Labute approximate surface area is 146 Å². The van der Waals surface area contributed by atoms with E-state index in [4.69, 9.17) is 0 Å². The smallest absolute Gasteiger partial charge is 0.167 e. The fourth-order valence-electron chi connectivity index (χ4n) is 2.67. The zero-order chi connectivity index (χ0) is 17.3. The third kappa shape index (κ3) is 3.22. The number of thiol groups is 1. The topological polar surface area (TPSA) is 0 Å². The van der Waals surface area contributed by atoms with E-state index in [9.17, 15) is 8.78 Å². The van der Waals surface area contributed by atoms with Crippen LogP contribution in [-0.2, 0) is 4.75 Å². The molecule has 0 spiro atoms. The van der Waals surface area contributed by atoms with Crippen LogP contribution in [0.4, 0.5) is 8.78 Å². The average Bonchev–Trinajstić information content (AvgIpc) is 2.57. The summed E-state index contributed by atoms with van der Waals surface area (Å²) in [6.45, 7) is 3.97. The molecule has 0 radical (unpaired) electrons. The van der Waals surface area contributed by atoms with Crippen molar-refractivity contribution in [3.8, 4) is 22.3 Å². The van der Waals surface area contributed by atoms with E-state index in [1.54, 1.807) is 48.5 Å². The number of hydrogen-bond donors (Lipinski definition) is 1. The van der Waals surface area contributed by atoms with Crippen molar-refractivity contribution < 1.29 is 8.78 Å². The maximum absolute atomic E-state index is 14.6. The maximum Gasteiger partial charge on any atom is 0.167 e. The standard InChI is InChI=1S/C21H18F2S/c1-21(2,24)16-10-8-15(9-11-16)18-13-12-17(19(22)20(18)23)14-6-4-3-5-7-14/h3-13,24H,1-2H3. The highest BCUT2D eigenvalue weighted by molar-refractivity contribution is 7.81. The number of halogens is 2. The van der Waals surface area contributed by atoms with Crippen molar-refractivity contribution in [2.45, 2.75) is 18.6 Å². The van der Waals surface area contributed by atoms with Crippen LogP contribution in [0.2, 0.25) is 0 Å². The number of rotatable bonds is 3. The van der Waals surface area contributed by atoms with Gasteiger partial charge in [0.25, 0.3) is 0 Å². The lowest BCUT2D eigenvalue weighted by atomic mass is 9.96. The first-order valence-corrected chi connectivity index (χ1v) is 8.19. The first-order chi connectivity index (χ1) is 11.4. The van der Waals surface area contributed by atoms with E-state index < -0.39 is 11.6 Å². The van der Waals surface area contributed by atoms with E-state index in [-0.39, 0.29) is 15.9 Å². The van der Waals surface area contributed by atoms with Gasteiger partial charge in [-0.25, -0.2) is 8.78 Å². The third-order valence-electron chi connectivity index (χ3n) is 4.07. The molecule has 3 rings (SSSR count). The van der Waals surface area contributed by atoms with Crippen LogP contribution in [0.15, 0.2) is 66.7 Å². The molecule has 0 fully saturated rings. The zero-order valence-corrected chi connectivity index (χ0v) is 14.4. The summed E-state index contributed by atoms with van der Waals surface area (Å²) in [5, 5.41) is 0. The van der Waals surface area contributed by atoms with Gasteiger partial charge < -0.3 is 0 Å². The van der Waals surface area contributed by atoms with Gasteiger partial charge in [0.2, 0.25) is 0 Å². The molecule has 24 heavy (non-hydrogen) atoms. The van der Waals surface area contributed by atoms with Crippen LogP contribution in [0, 0.1) is 11.6 Å². The Morgan fingerprint density at radius 2 is 1.12 bits per heavy atom. The van der Waals surface area contributed by atoms with Gasteiger partial charge in [-0.3, -0.25) is 0 Å². The first kappa shape index (κ1) is 16.7. The van der Waals surface area contributed by atoms with E-state index in [0.717, 1.165) is 5.56 Å². The van der Waals surface area contributed by atoms with Crippen molar-refractivity contribution in [1.82, 2.24) is 0 Å². The lowest BCUT2D eigenvalue weighted by Crippen LogP contribution is -2.07. The van der Waals surface area contributed by atoms with Crippen LogP contribution in [-0.4, -0.2) is 0 Å². The molecule has 0 aliphatic carbocycles. The average molecular weight is 340 g/mol. The molecule has 0 saturated heterocycles. The highest BCUT2D eigenvalue weighted by Crippen LogP contribution is 2.33. The van der Waals surface area contributed by atoms with Gasteiger partial charge in [0, 0.05) is 15.9 Å². The van der Waals surface area contributed by atoms with Crippen LogP contribution >= 0.6 is 12.6 Å². The van der Waals surface area contributed by atoms with E-state index in [2.05, 4.69) is 12.6 Å². The molecule has 0 aliphatic rings.